The van der Waals surface area contributed by atoms with Crippen LogP contribution in [-0.2, 0) is 6.54 Å². The van der Waals surface area contributed by atoms with E-state index < -0.39 is 0 Å². The molecular weight excluding hydrogens is 344 g/mol. The van der Waals surface area contributed by atoms with E-state index >= 15 is 0 Å². The van der Waals surface area contributed by atoms with Gasteiger partial charge in [-0.05, 0) is 44.1 Å². The van der Waals surface area contributed by atoms with Crippen LogP contribution < -0.4 is 0 Å². The van der Waals surface area contributed by atoms with Crippen molar-refractivity contribution in [2.24, 2.45) is 4.99 Å². The molecule has 134 valence electrons. The number of hydrogen-bond acceptors (Lipinski definition) is 3. The highest BCUT2D eigenvalue weighted by Gasteiger charge is 2.13. The van der Waals surface area contributed by atoms with E-state index in [4.69, 9.17) is 16.6 Å². The number of rotatable bonds is 5. The Kier molecular flexibility index (Phi) is 5.32. The molecule has 1 aliphatic heterocycles. The summed E-state index contributed by atoms with van der Waals surface area (Å²) in [4.78, 5) is 11.9. The van der Waals surface area contributed by atoms with Crippen LogP contribution in [0.5, 0.6) is 0 Å². The zero-order valence-electron chi connectivity index (χ0n) is 14.8. The Hall–Kier alpha value is -2.17. The van der Waals surface area contributed by atoms with Crippen molar-refractivity contribution in [2.75, 3.05) is 19.6 Å². The second-order valence-corrected chi connectivity index (χ2v) is 7.14. The van der Waals surface area contributed by atoms with Crippen molar-refractivity contribution in [1.82, 2.24) is 14.5 Å². The maximum absolute atomic E-state index is 6.25. The minimum absolute atomic E-state index is 0.701. The third kappa shape index (κ3) is 3.81. The molecule has 4 rings (SSSR count). The lowest BCUT2D eigenvalue weighted by Gasteiger charge is -2.26. The van der Waals surface area contributed by atoms with Gasteiger partial charge in [-0.25, -0.2) is 9.98 Å². The van der Waals surface area contributed by atoms with Gasteiger partial charge in [0.05, 0.1) is 11.0 Å². The first-order valence-corrected chi connectivity index (χ1v) is 9.65. The van der Waals surface area contributed by atoms with Gasteiger partial charge in [0.1, 0.15) is 0 Å². The second kappa shape index (κ2) is 8.02. The largest absolute Gasteiger partial charge is 0.307 e. The van der Waals surface area contributed by atoms with Crippen LogP contribution in [0.3, 0.4) is 0 Å². The lowest BCUT2D eigenvalue weighted by atomic mass is 10.1. The monoisotopic (exact) mass is 366 g/mol. The van der Waals surface area contributed by atoms with Gasteiger partial charge in [-0.15, -0.1) is 0 Å². The van der Waals surface area contributed by atoms with Crippen LogP contribution in [0.15, 0.2) is 53.5 Å². The number of aliphatic imine (C=N–C) groups is 1. The van der Waals surface area contributed by atoms with Crippen LogP contribution in [0.1, 0.15) is 24.8 Å². The highest BCUT2D eigenvalue weighted by Crippen LogP contribution is 2.23. The summed E-state index contributed by atoms with van der Waals surface area (Å²) < 4.78 is 2.22. The fourth-order valence-electron chi connectivity index (χ4n) is 3.51. The van der Waals surface area contributed by atoms with E-state index in [0.29, 0.717) is 5.02 Å². The van der Waals surface area contributed by atoms with Crippen molar-refractivity contribution in [1.29, 1.82) is 0 Å². The van der Waals surface area contributed by atoms with Crippen LogP contribution >= 0.6 is 11.6 Å². The quantitative estimate of drug-likeness (QED) is 0.600. The Morgan fingerprint density at radius 2 is 1.73 bits per heavy atom. The molecule has 0 amide bonds. The second-order valence-electron chi connectivity index (χ2n) is 6.73. The summed E-state index contributed by atoms with van der Waals surface area (Å²) in [6.45, 7) is 4.33. The average Bonchev–Trinajstić information content (AvgIpc) is 3.04. The lowest BCUT2D eigenvalue weighted by Crippen LogP contribution is -2.32. The molecular formula is C21H23ClN4. The zero-order chi connectivity index (χ0) is 17.8. The number of halogens is 1. The van der Waals surface area contributed by atoms with Crippen molar-refractivity contribution in [3.63, 3.8) is 0 Å². The molecule has 2 heterocycles. The van der Waals surface area contributed by atoms with Crippen LogP contribution in [0.2, 0.25) is 5.02 Å². The average molecular weight is 367 g/mol. The summed E-state index contributed by atoms with van der Waals surface area (Å²) in [5.41, 5.74) is 3.03. The summed E-state index contributed by atoms with van der Waals surface area (Å²) in [6, 6.07) is 16.0. The minimum Gasteiger partial charge on any atom is -0.307 e. The molecule has 0 radical (unpaired) electrons. The van der Waals surface area contributed by atoms with Crippen molar-refractivity contribution < 1.29 is 0 Å². The molecule has 0 saturated carbocycles. The molecule has 26 heavy (non-hydrogen) atoms. The summed E-state index contributed by atoms with van der Waals surface area (Å²) >= 11 is 6.25. The van der Waals surface area contributed by atoms with Gasteiger partial charge in [0, 0.05) is 29.9 Å². The minimum atomic E-state index is 0.701. The first kappa shape index (κ1) is 17.3. The molecule has 1 fully saturated rings. The smallest absolute Gasteiger partial charge is 0.230 e. The standard InChI is InChI=1S/C21H23ClN4/c22-18-9-3-2-8-17(18)16-23-21-24-19-10-4-5-11-20(19)26(21)15-14-25-12-6-1-7-13-25/h2-5,8-11,16H,1,6-7,12-15H2. The van der Waals surface area contributed by atoms with Crippen molar-refractivity contribution in [3.05, 3.63) is 59.1 Å². The zero-order valence-corrected chi connectivity index (χ0v) is 15.6. The Morgan fingerprint density at radius 1 is 0.962 bits per heavy atom. The molecule has 5 heteroatoms. The molecule has 2 aromatic carbocycles. The molecule has 3 aromatic rings. The number of piperidine rings is 1. The number of nitrogens with zero attached hydrogens (tertiary/aromatic N) is 4. The molecule has 4 nitrogen and oxygen atoms in total. The molecule has 1 aliphatic rings. The predicted octanol–water partition coefficient (Wildman–Crippen LogP) is 4.93. The number of likely N-dealkylation sites (tertiary alicyclic amines) is 1. The summed E-state index contributed by atoms with van der Waals surface area (Å²) in [5.74, 6) is 0.739. The topological polar surface area (TPSA) is 33.4 Å². The molecule has 0 bridgehead atoms. The Labute approximate surface area is 159 Å². The molecule has 1 saturated heterocycles. The van der Waals surface area contributed by atoms with Gasteiger partial charge in [-0.3, -0.25) is 0 Å². The Morgan fingerprint density at radius 3 is 2.58 bits per heavy atom. The molecule has 0 atom stereocenters. The van der Waals surface area contributed by atoms with E-state index in [-0.39, 0.29) is 0 Å². The van der Waals surface area contributed by atoms with Crippen LogP contribution in [0, 0.1) is 0 Å². The van der Waals surface area contributed by atoms with E-state index in [1.807, 2.05) is 36.4 Å². The number of imidazole rings is 1. The first-order valence-electron chi connectivity index (χ1n) is 9.27. The maximum Gasteiger partial charge on any atom is 0.230 e. The normalized spacial score (nSPS) is 15.9. The van der Waals surface area contributed by atoms with E-state index in [9.17, 15) is 0 Å². The van der Waals surface area contributed by atoms with Gasteiger partial charge >= 0.3 is 0 Å². The fourth-order valence-corrected chi connectivity index (χ4v) is 3.70. The molecule has 0 aliphatic carbocycles. The summed E-state index contributed by atoms with van der Waals surface area (Å²) in [6.07, 6.45) is 5.78. The van der Waals surface area contributed by atoms with Crippen molar-refractivity contribution >= 4 is 34.8 Å². The summed E-state index contributed by atoms with van der Waals surface area (Å²) in [5, 5.41) is 0.701. The summed E-state index contributed by atoms with van der Waals surface area (Å²) in [7, 11) is 0. The van der Waals surface area contributed by atoms with Crippen LogP contribution in [-0.4, -0.2) is 40.3 Å². The van der Waals surface area contributed by atoms with E-state index in [2.05, 4.69) is 26.6 Å². The third-order valence-corrected chi connectivity index (χ3v) is 5.29. The lowest BCUT2D eigenvalue weighted by molar-refractivity contribution is 0.222. The fraction of sp³-hybridized carbons (Fsp3) is 0.333. The SMILES string of the molecule is Clc1ccccc1C=Nc1nc2ccccc2n1CCN1CCCCC1. The Balaban J connectivity index is 1.62. The van der Waals surface area contributed by atoms with E-state index in [0.717, 1.165) is 35.6 Å². The maximum atomic E-state index is 6.25. The predicted molar refractivity (Wildman–Crippen MR) is 109 cm³/mol. The number of benzene rings is 2. The van der Waals surface area contributed by atoms with Crippen LogP contribution in [0.25, 0.3) is 11.0 Å². The van der Waals surface area contributed by atoms with Crippen LogP contribution in [0.4, 0.5) is 5.95 Å². The van der Waals surface area contributed by atoms with Gasteiger partial charge in [0.2, 0.25) is 5.95 Å². The van der Waals surface area contributed by atoms with E-state index in [1.165, 1.54) is 32.4 Å². The molecule has 0 unspecified atom stereocenters. The highest BCUT2D eigenvalue weighted by atomic mass is 35.5. The number of aromatic nitrogens is 2. The van der Waals surface area contributed by atoms with Gasteiger partial charge in [0.15, 0.2) is 0 Å². The van der Waals surface area contributed by atoms with Crippen molar-refractivity contribution in [2.45, 2.75) is 25.8 Å². The Bertz CT molecular complexity index is 909. The van der Waals surface area contributed by atoms with Gasteiger partial charge in [-0.1, -0.05) is 48.4 Å². The number of fused-ring (bicyclic) bond motifs is 1. The van der Waals surface area contributed by atoms with Crippen molar-refractivity contribution in [3.8, 4) is 0 Å². The highest BCUT2D eigenvalue weighted by molar-refractivity contribution is 6.33. The molecule has 0 spiro atoms. The number of para-hydroxylation sites is 2. The molecule has 0 N–H and O–H groups in total. The third-order valence-electron chi connectivity index (χ3n) is 4.95. The molecule has 1 aromatic heterocycles. The first-order chi connectivity index (χ1) is 12.8. The van der Waals surface area contributed by atoms with E-state index in [1.54, 1.807) is 6.21 Å². The number of hydrogen-bond donors (Lipinski definition) is 0. The van der Waals surface area contributed by atoms with Gasteiger partial charge in [0.25, 0.3) is 0 Å². The van der Waals surface area contributed by atoms with Gasteiger partial charge in [-0.2, -0.15) is 0 Å². The van der Waals surface area contributed by atoms with Gasteiger partial charge < -0.3 is 9.47 Å².